The summed E-state index contributed by atoms with van der Waals surface area (Å²) >= 11 is 0. The molecule has 1 saturated heterocycles. The highest BCUT2D eigenvalue weighted by Crippen LogP contribution is 2.23. The van der Waals surface area contributed by atoms with E-state index in [0.29, 0.717) is 42.4 Å². The number of hydrogen-bond donors (Lipinski definition) is 1. The van der Waals surface area contributed by atoms with Gasteiger partial charge in [-0.15, -0.1) is 0 Å². The van der Waals surface area contributed by atoms with Crippen molar-refractivity contribution in [3.63, 3.8) is 0 Å². The number of carbonyl (C=O) groups is 1. The smallest absolute Gasteiger partial charge is 0.251 e. The molecule has 2 aromatic rings. The molecular weight excluding hydrogens is 412 g/mol. The molecular formula is C24H30N2O4S. The zero-order valence-corrected chi connectivity index (χ0v) is 18.6. The van der Waals surface area contributed by atoms with Gasteiger partial charge in [0, 0.05) is 18.7 Å². The Morgan fingerprint density at radius 2 is 1.61 bits per heavy atom. The molecule has 1 heterocycles. The van der Waals surface area contributed by atoms with Crippen LogP contribution in [0.3, 0.4) is 0 Å². The second-order valence-corrected chi connectivity index (χ2v) is 10.2. The summed E-state index contributed by atoms with van der Waals surface area (Å²) in [6, 6.07) is 12.5. The number of amides is 1. The maximum atomic E-state index is 12.7. The lowest BCUT2D eigenvalue weighted by molar-refractivity contribution is 0.0947. The molecule has 2 aromatic carbocycles. The topological polar surface area (TPSA) is 75.7 Å². The van der Waals surface area contributed by atoms with Gasteiger partial charge in [-0.05, 0) is 86.1 Å². The molecule has 31 heavy (non-hydrogen) atoms. The number of benzene rings is 2. The molecule has 0 atom stereocenters. The van der Waals surface area contributed by atoms with E-state index in [-0.39, 0.29) is 5.91 Å². The fourth-order valence-corrected chi connectivity index (χ4v) is 5.79. The Morgan fingerprint density at radius 1 is 0.903 bits per heavy atom. The molecule has 6 nitrogen and oxygen atoms in total. The number of nitrogens with zero attached hydrogens (tertiary/aromatic N) is 1. The average molecular weight is 443 g/mol. The van der Waals surface area contributed by atoms with E-state index < -0.39 is 10.0 Å². The highest BCUT2D eigenvalue weighted by molar-refractivity contribution is 7.89. The molecule has 1 aliphatic heterocycles. The molecule has 1 aliphatic carbocycles. The third-order valence-electron chi connectivity index (χ3n) is 6.04. The quantitative estimate of drug-likeness (QED) is 0.666. The summed E-state index contributed by atoms with van der Waals surface area (Å²) in [4.78, 5) is 12.7. The molecule has 4 rings (SSSR count). The van der Waals surface area contributed by atoms with Gasteiger partial charge in [0.1, 0.15) is 12.4 Å². The first-order valence-corrected chi connectivity index (χ1v) is 12.6. The van der Waals surface area contributed by atoms with Gasteiger partial charge in [-0.2, -0.15) is 4.31 Å². The van der Waals surface area contributed by atoms with Crippen LogP contribution in [0.25, 0.3) is 0 Å². The maximum Gasteiger partial charge on any atom is 0.251 e. The molecule has 0 spiro atoms. The van der Waals surface area contributed by atoms with E-state index in [2.05, 4.69) is 11.4 Å². The average Bonchev–Trinajstić information content (AvgIpc) is 2.82. The van der Waals surface area contributed by atoms with Gasteiger partial charge < -0.3 is 10.1 Å². The van der Waals surface area contributed by atoms with Crippen molar-refractivity contribution in [1.82, 2.24) is 9.62 Å². The van der Waals surface area contributed by atoms with Gasteiger partial charge >= 0.3 is 0 Å². The minimum atomic E-state index is -3.43. The van der Waals surface area contributed by atoms with Gasteiger partial charge in [0.25, 0.3) is 5.91 Å². The van der Waals surface area contributed by atoms with Crippen molar-refractivity contribution >= 4 is 15.9 Å². The van der Waals surface area contributed by atoms with Crippen molar-refractivity contribution in [2.24, 2.45) is 0 Å². The lowest BCUT2D eigenvalue weighted by Crippen LogP contribution is -2.35. The number of aryl methyl sites for hydroxylation is 2. The van der Waals surface area contributed by atoms with Crippen LogP contribution in [0.1, 0.15) is 53.6 Å². The molecule has 0 bridgehead atoms. The molecule has 1 fully saturated rings. The van der Waals surface area contributed by atoms with Crippen LogP contribution in [0.2, 0.25) is 0 Å². The lowest BCUT2D eigenvalue weighted by Gasteiger charge is -2.25. The van der Waals surface area contributed by atoms with Crippen molar-refractivity contribution in [2.45, 2.75) is 49.8 Å². The highest BCUT2D eigenvalue weighted by atomic mass is 32.2. The van der Waals surface area contributed by atoms with Crippen molar-refractivity contribution in [3.05, 3.63) is 59.2 Å². The van der Waals surface area contributed by atoms with Crippen LogP contribution >= 0.6 is 0 Å². The Balaban J connectivity index is 1.26. The zero-order valence-electron chi connectivity index (χ0n) is 17.8. The molecule has 0 unspecified atom stereocenters. The maximum absolute atomic E-state index is 12.7. The summed E-state index contributed by atoms with van der Waals surface area (Å²) in [5, 5.41) is 2.89. The SMILES string of the molecule is O=C(NCCOc1ccc(S(=O)(=O)N2CCCCC2)cc1)c1ccc2c(c1)CCCC2. The summed E-state index contributed by atoms with van der Waals surface area (Å²) in [7, 11) is -3.43. The normalized spacial score (nSPS) is 17.0. The zero-order chi connectivity index (χ0) is 21.7. The van der Waals surface area contributed by atoms with E-state index in [0.717, 1.165) is 32.1 Å². The molecule has 1 amide bonds. The van der Waals surface area contributed by atoms with Crippen LogP contribution in [0.4, 0.5) is 0 Å². The van der Waals surface area contributed by atoms with E-state index in [4.69, 9.17) is 4.74 Å². The minimum Gasteiger partial charge on any atom is -0.492 e. The monoisotopic (exact) mass is 442 g/mol. The Bertz CT molecular complexity index is 1010. The van der Waals surface area contributed by atoms with Crippen LogP contribution < -0.4 is 10.1 Å². The van der Waals surface area contributed by atoms with Crippen molar-refractivity contribution in [2.75, 3.05) is 26.2 Å². The van der Waals surface area contributed by atoms with Gasteiger partial charge in [-0.1, -0.05) is 12.5 Å². The number of nitrogens with one attached hydrogen (secondary N) is 1. The number of sulfonamides is 1. The number of rotatable bonds is 7. The number of ether oxygens (including phenoxy) is 1. The van der Waals surface area contributed by atoms with Crippen molar-refractivity contribution in [1.29, 1.82) is 0 Å². The van der Waals surface area contributed by atoms with Gasteiger partial charge in [0.2, 0.25) is 10.0 Å². The third-order valence-corrected chi connectivity index (χ3v) is 7.96. The molecule has 166 valence electrons. The number of hydrogen-bond acceptors (Lipinski definition) is 4. The van der Waals surface area contributed by atoms with E-state index in [9.17, 15) is 13.2 Å². The minimum absolute atomic E-state index is 0.0973. The van der Waals surface area contributed by atoms with E-state index in [1.165, 1.54) is 24.0 Å². The van der Waals surface area contributed by atoms with Crippen LogP contribution in [0, 0.1) is 0 Å². The molecule has 1 N–H and O–H groups in total. The van der Waals surface area contributed by atoms with E-state index in [1.54, 1.807) is 28.6 Å². The number of carbonyl (C=O) groups excluding carboxylic acids is 1. The Labute approximate surface area is 184 Å². The molecule has 2 aliphatic rings. The molecule has 0 saturated carbocycles. The van der Waals surface area contributed by atoms with Crippen LogP contribution in [0.5, 0.6) is 5.75 Å². The first-order valence-electron chi connectivity index (χ1n) is 11.2. The first kappa shape index (κ1) is 21.8. The fourth-order valence-electron chi connectivity index (χ4n) is 4.27. The van der Waals surface area contributed by atoms with E-state index in [1.807, 2.05) is 12.1 Å². The van der Waals surface area contributed by atoms with E-state index >= 15 is 0 Å². The molecule has 0 radical (unpaired) electrons. The number of piperidine rings is 1. The summed E-state index contributed by atoms with van der Waals surface area (Å²) in [6.45, 7) is 1.87. The Kier molecular flexibility index (Phi) is 6.92. The predicted molar refractivity (Wildman–Crippen MR) is 120 cm³/mol. The largest absolute Gasteiger partial charge is 0.492 e. The van der Waals surface area contributed by atoms with Crippen LogP contribution in [-0.2, 0) is 22.9 Å². The molecule has 7 heteroatoms. The second-order valence-electron chi connectivity index (χ2n) is 8.23. The third kappa shape index (κ3) is 5.28. The Morgan fingerprint density at radius 3 is 2.35 bits per heavy atom. The van der Waals surface area contributed by atoms with Crippen molar-refractivity contribution < 1.29 is 17.9 Å². The van der Waals surface area contributed by atoms with Crippen LogP contribution in [-0.4, -0.2) is 44.9 Å². The standard InChI is InChI=1S/C24H30N2O4S/c27-24(21-9-8-19-6-2-3-7-20(19)18-21)25-14-17-30-22-10-12-23(13-11-22)31(28,29)26-15-4-1-5-16-26/h8-13,18H,1-7,14-17H2,(H,25,27). The lowest BCUT2D eigenvalue weighted by atomic mass is 9.90. The van der Waals surface area contributed by atoms with Crippen LogP contribution in [0.15, 0.2) is 47.4 Å². The number of fused-ring (bicyclic) bond motifs is 1. The predicted octanol–water partition coefficient (Wildman–Crippen LogP) is 3.55. The fraction of sp³-hybridized carbons (Fsp3) is 0.458. The second kappa shape index (κ2) is 9.83. The summed E-state index contributed by atoms with van der Waals surface area (Å²) in [5.74, 6) is 0.487. The van der Waals surface area contributed by atoms with Gasteiger partial charge in [-0.3, -0.25) is 4.79 Å². The first-order chi connectivity index (χ1) is 15.0. The summed E-state index contributed by atoms with van der Waals surface area (Å²) in [6.07, 6.45) is 7.47. The van der Waals surface area contributed by atoms with Gasteiger partial charge in [0.15, 0.2) is 0 Å². The van der Waals surface area contributed by atoms with Gasteiger partial charge in [-0.25, -0.2) is 8.42 Å². The Hall–Kier alpha value is -2.38. The van der Waals surface area contributed by atoms with Crippen molar-refractivity contribution in [3.8, 4) is 5.75 Å². The highest BCUT2D eigenvalue weighted by Gasteiger charge is 2.25. The summed E-state index contributed by atoms with van der Waals surface area (Å²) < 4.78 is 32.6. The van der Waals surface area contributed by atoms with Gasteiger partial charge in [0.05, 0.1) is 11.4 Å². The summed E-state index contributed by atoms with van der Waals surface area (Å²) in [5.41, 5.74) is 3.33. The molecule has 0 aromatic heterocycles.